The summed E-state index contributed by atoms with van der Waals surface area (Å²) in [6.07, 6.45) is 0. The highest BCUT2D eigenvalue weighted by Gasteiger charge is 2.21. The number of aromatic carboxylic acids is 1. The molecule has 3 rings (SSSR count). The smallest absolute Gasteiger partial charge is 0.352 e. The molecule has 3 heterocycles. The van der Waals surface area contributed by atoms with Crippen LogP contribution in [0.3, 0.4) is 0 Å². The van der Waals surface area contributed by atoms with E-state index in [0.717, 1.165) is 24.6 Å². The summed E-state index contributed by atoms with van der Waals surface area (Å²) in [6, 6.07) is 1.53. The van der Waals surface area contributed by atoms with Crippen molar-refractivity contribution < 1.29 is 14.6 Å². The van der Waals surface area contributed by atoms with Crippen molar-refractivity contribution >= 4 is 23.0 Å². The first-order valence-electron chi connectivity index (χ1n) is 7.03. The molecule has 2 aromatic rings. The van der Waals surface area contributed by atoms with Crippen molar-refractivity contribution in [2.24, 2.45) is 0 Å². The predicted octanol–water partition coefficient (Wildman–Crippen LogP) is 1.62. The van der Waals surface area contributed by atoms with Crippen LogP contribution < -0.4 is 4.90 Å². The monoisotopic (exact) mass is 290 g/mol. The fourth-order valence-corrected chi connectivity index (χ4v) is 2.46. The molecule has 7 heteroatoms. The van der Waals surface area contributed by atoms with Gasteiger partial charge < -0.3 is 19.7 Å². The Kier molecular flexibility index (Phi) is 3.50. The molecule has 0 radical (unpaired) electrons. The second-order valence-electron chi connectivity index (χ2n) is 5.41. The van der Waals surface area contributed by atoms with Gasteiger partial charge in [0.05, 0.1) is 18.9 Å². The summed E-state index contributed by atoms with van der Waals surface area (Å²) in [5, 5.41) is 9.07. The molecular weight excluding hydrogens is 272 g/mol. The van der Waals surface area contributed by atoms with Gasteiger partial charge in [0.15, 0.2) is 11.5 Å². The van der Waals surface area contributed by atoms with Gasteiger partial charge in [0.1, 0.15) is 11.2 Å². The highest BCUT2D eigenvalue weighted by atomic mass is 16.5. The number of hydrogen-bond acceptors (Lipinski definition) is 5. The summed E-state index contributed by atoms with van der Waals surface area (Å²) in [5.41, 5.74) is 2.10. The second kappa shape index (κ2) is 5.33. The van der Waals surface area contributed by atoms with Gasteiger partial charge in [0, 0.05) is 13.1 Å². The average molecular weight is 290 g/mol. The molecule has 0 atom stereocenters. The molecule has 1 fully saturated rings. The number of carboxylic acids is 1. The lowest BCUT2D eigenvalue weighted by Crippen LogP contribution is -2.37. The molecule has 7 nitrogen and oxygen atoms in total. The normalized spacial score (nSPS) is 15.9. The van der Waals surface area contributed by atoms with Crippen LogP contribution in [-0.2, 0) is 4.74 Å². The van der Waals surface area contributed by atoms with Crippen LogP contribution in [0.5, 0.6) is 0 Å². The van der Waals surface area contributed by atoms with Crippen LogP contribution in [0.1, 0.15) is 35.9 Å². The van der Waals surface area contributed by atoms with Crippen molar-refractivity contribution in [2.75, 3.05) is 31.2 Å². The third-order valence-corrected chi connectivity index (χ3v) is 3.55. The maximum absolute atomic E-state index is 11.1. The Balaban J connectivity index is 2.11. The van der Waals surface area contributed by atoms with Crippen molar-refractivity contribution in [2.45, 2.75) is 19.8 Å². The first-order valence-corrected chi connectivity index (χ1v) is 7.03. The summed E-state index contributed by atoms with van der Waals surface area (Å²) >= 11 is 0. The molecule has 0 spiro atoms. The number of aromatic amines is 1. The Morgan fingerprint density at radius 1 is 1.38 bits per heavy atom. The molecule has 0 bridgehead atoms. The molecule has 2 N–H and O–H groups in total. The van der Waals surface area contributed by atoms with Crippen LogP contribution in [0.15, 0.2) is 6.07 Å². The van der Waals surface area contributed by atoms with E-state index in [2.05, 4.69) is 33.7 Å². The SMILES string of the molecule is CC(C)c1nc2cc(C(=O)O)[nH]c2nc1N1CCOCC1. The Hall–Kier alpha value is -2.15. The summed E-state index contributed by atoms with van der Waals surface area (Å²) in [4.78, 5) is 25.2. The standard InChI is InChI=1S/C14H18N4O3/c1-8(2)11-13(18-3-5-21-6-4-18)17-12-9(15-11)7-10(16-12)14(19)20/h7-8H,3-6H2,1-2H3,(H,16,17)(H,19,20). The molecule has 2 aromatic heterocycles. The van der Waals surface area contributed by atoms with Crippen LogP contribution in [0, 0.1) is 0 Å². The molecule has 0 aromatic carbocycles. The second-order valence-corrected chi connectivity index (χ2v) is 5.41. The summed E-state index contributed by atoms with van der Waals surface area (Å²) in [6.45, 7) is 7.00. The lowest BCUT2D eigenvalue weighted by Gasteiger charge is -2.29. The van der Waals surface area contributed by atoms with E-state index >= 15 is 0 Å². The van der Waals surface area contributed by atoms with Gasteiger partial charge in [-0.05, 0) is 12.0 Å². The lowest BCUT2D eigenvalue weighted by atomic mass is 10.1. The molecule has 0 amide bonds. The zero-order valence-electron chi connectivity index (χ0n) is 12.1. The number of nitrogens with one attached hydrogen (secondary N) is 1. The Morgan fingerprint density at radius 3 is 2.71 bits per heavy atom. The maximum Gasteiger partial charge on any atom is 0.352 e. The third-order valence-electron chi connectivity index (χ3n) is 3.55. The molecule has 112 valence electrons. The van der Waals surface area contributed by atoms with Crippen molar-refractivity contribution in [1.29, 1.82) is 0 Å². The van der Waals surface area contributed by atoms with Crippen molar-refractivity contribution in [3.8, 4) is 0 Å². The zero-order chi connectivity index (χ0) is 15.0. The number of H-pyrrole nitrogens is 1. The van der Waals surface area contributed by atoms with Crippen LogP contribution in [0.2, 0.25) is 0 Å². The Morgan fingerprint density at radius 2 is 2.10 bits per heavy atom. The molecule has 0 saturated carbocycles. The first-order chi connectivity index (χ1) is 10.1. The Labute approximate surface area is 122 Å². The van der Waals surface area contributed by atoms with Crippen LogP contribution in [0.4, 0.5) is 5.82 Å². The van der Waals surface area contributed by atoms with E-state index in [1.54, 1.807) is 0 Å². The topological polar surface area (TPSA) is 91.3 Å². The van der Waals surface area contributed by atoms with E-state index in [0.29, 0.717) is 24.4 Å². The maximum atomic E-state index is 11.1. The summed E-state index contributed by atoms with van der Waals surface area (Å²) < 4.78 is 5.37. The summed E-state index contributed by atoms with van der Waals surface area (Å²) in [7, 11) is 0. The van der Waals surface area contributed by atoms with Gasteiger partial charge in [0.25, 0.3) is 0 Å². The van der Waals surface area contributed by atoms with Crippen molar-refractivity contribution in [1.82, 2.24) is 15.0 Å². The van der Waals surface area contributed by atoms with Gasteiger partial charge in [-0.25, -0.2) is 14.8 Å². The Bertz CT molecular complexity index is 674. The van der Waals surface area contributed by atoms with Crippen LogP contribution in [-0.4, -0.2) is 52.3 Å². The number of rotatable bonds is 3. The molecule has 1 aliphatic rings. The molecular formula is C14H18N4O3. The van der Waals surface area contributed by atoms with E-state index in [1.165, 1.54) is 6.07 Å². The van der Waals surface area contributed by atoms with Gasteiger partial charge in [0.2, 0.25) is 0 Å². The largest absolute Gasteiger partial charge is 0.477 e. The zero-order valence-corrected chi connectivity index (χ0v) is 12.1. The van der Waals surface area contributed by atoms with Crippen LogP contribution in [0.25, 0.3) is 11.2 Å². The highest BCUT2D eigenvalue weighted by Crippen LogP contribution is 2.27. The van der Waals surface area contributed by atoms with E-state index in [1.807, 2.05) is 0 Å². The minimum atomic E-state index is -1.01. The first kappa shape index (κ1) is 13.8. The van der Waals surface area contributed by atoms with Gasteiger partial charge in [-0.2, -0.15) is 0 Å². The molecule has 0 aliphatic carbocycles. The van der Waals surface area contributed by atoms with E-state index in [9.17, 15) is 4.79 Å². The fraction of sp³-hybridized carbons (Fsp3) is 0.500. The highest BCUT2D eigenvalue weighted by molar-refractivity contribution is 5.91. The number of fused-ring (bicyclic) bond motifs is 1. The van der Waals surface area contributed by atoms with E-state index in [4.69, 9.17) is 9.84 Å². The van der Waals surface area contributed by atoms with Crippen molar-refractivity contribution in [3.63, 3.8) is 0 Å². The van der Waals surface area contributed by atoms with Gasteiger partial charge in [-0.3, -0.25) is 0 Å². The molecule has 1 saturated heterocycles. The lowest BCUT2D eigenvalue weighted by molar-refractivity contribution is 0.0691. The van der Waals surface area contributed by atoms with Crippen LogP contribution >= 0.6 is 0 Å². The van der Waals surface area contributed by atoms with E-state index in [-0.39, 0.29) is 11.6 Å². The van der Waals surface area contributed by atoms with Gasteiger partial charge >= 0.3 is 5.97 Å². The number of ether oxygens (including phenoxy) is 1. The fourth-order valence-electron chi connectivity index (χ4n) is 2.46. The number of aromatic nitrogens is 3. The minimum absolute atomic E-state index is 0.110. The number of nitrogens with zero attached hydrogens (tertiary/aromatic N) is 3. The number of carbonyl (C=O) groups is 1. The third kappa shape index (κ3) is 2.56. The van der Waals surface area contributed by atoms with Crippen molar-refractivity contribution in [3.05, 3.63) is 17.5 Å². The average Bonchev–Trinajstić information content (AvgIpc) is 2.90. The number of hydrogen-bond donors (Lipinski definition) is 2. The number of morpholine rings is 1. The van der Waals surface area contributed by atoms with Gasteiger partial charge in [-0.15, -0.1) is 0 Å². The van der Waals surface area contributed by atoms with Gasteiger partial charge in [-0.1, -0.05) is 13.8 Å². The molecule has 21 heavy (non-hydrogen) atoms. The number of carboxylic acid groups (broad SMARTS) is 1. The summed E-state index contributed by atoms with van der Waals surface area (Å²) in [5.74, 6) is 0.0244. The molecule has 0 unspecified atom stereocenters. The number of anilines is 1. The molecule has 1 aliphatic heterocycles. The minimum Gasteiger partial charge on any atom is -0.477 e. The van der Waals surface area contributed by atoms with E-state index < -0.39 is 5.97 Å². The predicted molar refractivity (Wildman–Crippen MR) is 78.0 cm³/mol. The quantitative estimate of drug-likeness (QED) is 0.892.